The van der Waals surface area contributed by atoms with E-state index in [1.807, 2.05) is 30.3 Å². The topological polar surface area (TPSA) is 69.6 Å². The number of nitrogens with one attached hydrogen (secondary N) is 1. The van der Waals surface area contributed by atoms with Crippen molar-refractivity contribution in [2.24, 2.45) is 0 Å². The van der Waals surface area contributed by atoms with Crippen LogP contribution < -0.4 is 5.32 Å². The number of carbonyl (C=O) groups is 2. The number of benzene rings is 1. The maximum Gasteiger partial charge on any atom is 0.329 e. The molecular weight excluding hydrogens is 256 g/mol. The van der Waals surface area contributed by atoms with E-state index in [-0.39, 0.29) is 6.03 Å². The van der Waals surface area contributed by atoms with Crippen molar-refractivity contribution in [3.05, 3.63) is 35.9 Å². The molecule has 5 heteroatoms. The molecule has 0 heterocycles. The second kappa shape index (κ2) is 5.94. The van der Waals surface area contributed by atoms with Crippen LogP contribution in [-0.4, -0.2) is 41.1 Å². The second-order valence-corrected chi connectivity index (χ2v) is 5.33. The molecule has 1 fully saturated rings. The summed E-state index contributed by atoms with van der Waals surface area (Å²) >= 11 is 0. The van der Waals surface area contributed by atoms with Crippen LogP contribution in [0.3, 0.4) is 0 Å². The second-order valence-electron chi connectivity index (χ2n) is 5.33. The molecular formula is C15H20N2O3. The lowest BCUT2D eigenvalue weighted by Crippen LogP contribution is -2.61. The molecule has 1 aromatic carbocycles. The quantitative estimate of drug-likeness (QED) is 0.862. The van der Waals surface area contributed by atoms with Crippen LogP contribution in [-0.2, 0) is 11.2 Å². The van der Waals surface area contributed by atoms with Crippen molar-refractivity contribution in [3.8, 4) is 0 Å². The number of hydrogen-bond acceptors (Lipinski definition) is 2. The predicted octanol–water partition coefficient (Wildman–Crippen LogP) is 1.88. The lowest BCUT2D eigenvalue weighted by Gasteiger charge is -2.39. The van der Waals surface area contributed by atoms with Crippen molar-refractivity contribution in [1.29, 1.82) is 0 Å². The van der Waals surface area contributed by atoms with Gasteiger partial charge in [-0.15, -0.1) is 0 Å². The van der Waals surface area contributed by atoms with Crippen LogP contribution in [0.25, 0.3) is 0 Å². The van der Waals surface area contributed by atoms with Crippen molar-refractivity contribution in [2.75, 3.05) is 13.6 Å². The van der Waals surface area contributed by atoms with E-state index in [2.05, 4.69) is 5.32 Å². The first-order valence-electron chi connectivity index (χ1n) is 6.84. The van der Waals surface area contributed by atoms with E-state index in [9.17, 15) is 14.7 Å². The van der Waals surface area contributed by atoms with Crippen LogP contribution in [0.2, 0.25) is 0 Å². The fourth-order valence-corrected chi connectivity index (χ4v) is 2.27. The smallest absolute Gasteiger partial charge is 0.329 e. The first kappa shape index (κ1) is 14.4. The lowest BCUT2D eigenvalue weighted by molar-refractivity contribution is -0.148. The standard InChI is InChI=1S/C15H20N2O3/c1-17(11-8-12-6-3-2-4-7-12)14(20)16-15(13(18)19)9-5-10-15/h2-4,6-7H,5,8-11H2,1H3,(H,16,20)(H,18,19). The van der Waals surface area contributed by atoms with E-state index in [0.717, 1.165) is 18.4 Å². The normalized spacial score (nSPS) is 16.1. The summed E-state index contributed by atoms with van der Waals surface area (Å²) < 4.78 is 0. The first-order valence-corrected chi connectivity index (χ1v) is 6.84. The zero-order valence-electron chi connectivity index (χ0n) is 11.6. The van der Waals surface area contributed by atoms with Gasteiger partial charge in [0, 0.05) is 13.6 Å². The van der Waals surface area contributed by atoms with E-state index in [1.54, 1.807) is 7.05 Å². The maximum absolute atomic E-state index is 12.0. The molecule has 0 aromatic heterocycles. The summed E-state index contributed by atoms with van der Waals surface area (Å²) in [6, 6.07) is 9.58. The minimum Gasteiger partial charge on any atom is -0.480 e. The van der Waals surface area contributed by atoms with Gasteiger partial charge in [0.05, 0.1) is 0 Å². The van der Waals surface area contributed by atoms with E-state index in [0.29, 0.717) is 19.4 Å². The first-order chi connectivity index (χ1) is 9.53. The molecule has 0 atom stereocenters. The molecule has 108 valence electrons. The molecule has 1 aliphatic carbocycles. The highest BCUT2D eigenvalue weighted by atomic mass is 16.4. The molecule has 0 saturated heterocycles. The average molecular weight is 276 g/mol. The van der Waals surface area contributed by atoms with Gasteiger partial charge in [0.2, 0.25) is 0 Å². The molecule has 0 aliphatic heterocycles. The van der Waals surface area contributed by atoms with Crippen LogP contribution in [0, 0.1) is 0 Å². The van der Waals surface area contributed by atoms with Gasteiger partial charge in [-0.1, -0.05) is 30.3 Å². The van der Waals surface area contributed by atoms with Gasteiger partial charge in [0.1, 0.15) is 5.54 Å². The summed E-state index contributed by atoms with van der Waals surface area (Å²) in [5.41, 5.74) is 0.113. The molecule has 0 radical (unpaired) electrons. The van der Waals surface area contributed by atoms with Crippen LogP contribution in [0.1, 0.15) is 24.8 Å². The fourth-order valence-electron chi connectivity index (χ4n) is 2.27. The number of urea groups is 1. The molecule has 1 aromatic rings. The summed E-state index contributed by atoms with van der Waals surface area (Å²) in [6.07, 6.45) is 2.63. The number of rotatable bonds is 5. The fraction of sp³-hybridized carbons (Fsp3) is 0.467. The minimum atomic E-state index is -1.04. The number of amides is 2. The third kappa shape index (κ3) is 3.10. The Labute approximate surface area is 118 Å². The Hall–Kier alpha value is -2.04. The summed E-state index contributed by atoms with van der Waals surface area (Å²) in [4.78, 5) is 24.8. The molecule has 1 saturated carbocycles. The lowest BCUT2D eigenvalue weighted by atomic mass is 9.77. The molecule has 2 N–H and O–H groups in total. The monoisotopic (exact) mass is 276 g/mol. The van der Waals surface area contributed by atoms with Crippen molar-refractivity contribution in [1.82, 2.24) is 10.2 Å². The van der Waals surface area contributed by atoms with Gasteiger partial charge in [0.25, 0.3) is 0 Å². The van der Waals surface area contributed by atoms with Crippen molar-refractivity contribution in [2.45, 2.75) is 31.2 Å². The largest absolute Gasteiger partial charge is 0.480 e. The predicted molar refractivity (Wildman–Crippen MR) is 75.5 cm³/mol. The molecule has 2 amide bonds. The summed E-state index contributed by atoms with van der Waals surface area (Å²) in [6.45, 7) is 0.561. The van der Waals surface area contributed by atoms with Gasteiger partial charge in [-0.25, -0.2) is 9.59 Å². The zero-order chi connectivity index (χ0) is 14.6. The van der Waals surface area contributed by atoms with Gasteiger partial charge in [0.15, 0.2) is 0 Å². The highest BCUT2D eigenvalue weighted by Gasteiger charge is 2.46. The SMILES string of the molecule is CN(CCc1ccccc1)C(=O)NC1(C(=O)O)CCC1. The van der Waals surface area contributed by atoms with Gasteiger partial charge in [-0.3, -0.25) is 0 Å². The molecule has 0 unspecified atom stereocenters. The Bertz CT molecular complexity index is 483. The maximum atomic E-state index is 12.0. The molecule has 0 bridgehead atoms. The Morgan fingerprint density at radius 1 is 1.30 bits per heavy atom. The number of carboxylic acids is 1. The summed E-state index contributed by atoms with van der Waals surface area (Å²) in [7, 11) is 1.69. The van der Waals surface area contributed by atoms with E-state index in [4.69, 9.17) is 0 Å². The average Bonchev–Trinajstić information content (AvgIpc) is 2.40. The van der Waals surface area contributed by atoms with Crippen molar-refractivity contribution < 1.29 is 14.7 Å². The van der Waals surface area contributed by atoms with E-state index in [1.165, 1.54) is 4.90 Å². The Kier molecular flexibility index (Phi) is 4.27. The van der Waals surface area contributed by atoms with Gasteiger partial charge < -0.3 is 15.3 Å². The minimum absolute atomic E-state index is 0.317. The van der Waals surface area contributed by atoms with Crippen LogP contribution in [0.4, 0.5) is 4.79 Å². The third-order valence-electron chi connectivity index (χ3n) is 3.89. The number of aliphatic carboxylic acids is 1. The Balaban J connectivity index is 1.84. The molecule has 0 spiro atoms. The number of hydrogen-bond donors (Lipinski definition) is 2. The zero-order valence-corrected chi connectivity index (χ0v) is 11.6. The van der Waals surface area contributed by atoms with Crippen LogP contribution in [0.15, 0.2) is 30.3 Å². The van der Waals surface area contributed by atoms with Gasteiger partial charge >= 0.3 is 12.0 Å². The Morgan fingerprint density at radius 2 is 1.95 bits per heavy atom. The summed E-state index contributed by atoms with van der Waals surface area (Å²) in [5.74, 6) is -0.937. The highest BCUT2D eigenvalue weighted by molar-refractivity contribution is 5.87. The van der Waals surface area contributed by atoms with Crippen molar-refractivity contribution in [3.63, 3.8) is 0 Å². The Morgan fingerprint density at radius 3 is 2.45 bits per heavy atom. The van der Waals surface area contributed by atoms with E-state index >= 15 is 0 Å². The number of nitrogens with zero attached hydrogens (tertiary/aromatic N) is 1. The van der Waals surface area contributed by atoms with Crippen LogP contribution in [0.5, 0.6) is 0 Å². The number of carbonyl (C=O) groups excluding carboxylic acids is 1. The molecule has 20 heavy (non-hydrogen) atoms. The van der Waals surface area contributed by atoms with Crippen LogP contribution >= 0.6 is 0 Å². The van der Waals surface area contributed by atoms with E-state index < -0.39 is 11.5 Å². The molecule has 2 rings (SSSR count). The summed E-state index contributed by atoms with van der Waals surface area (Å²) in [5, 5.41) is 11.8. The van der Waals surface area contributed by atoms with Gasteiger partial charge in [-0.05, 0) is 31.2 Å². The number of likely N-dealkylation sites (N-methyl/N-ethyl adjacent to an activating group) is 1. The third-order valence-corrected chi connectivity index (χ3v) is 3.89. The molecule has 1 aliphatic rings. The van der Waals surface area contributed by atoms with Gasteiger partial charge in [-0.2, -0.15) is 0 Å². The molecule has 5 nitrogen and oxygen atoms in total. The highest BCUT2D eigenvalue weighted by Crippen LogP contribution is 2.32. The number of carboxylic acid groups (broad SMARTS) is 1. The van der Waals surface area contributed by atoms with Crippen molar-refractivity contribution >= 4 is 12.0 Å².